The Morgan fingerprint density at radius 1 is 1.50 bits per heavy atom. The minimum Gasteiger partial charge on any atom is -0.476 e. The molecule has 2 aromatic rings. The van der Waals surface area contributed by atoms with Crippen LogP contribution in [0.15, 0.2) is 12.3 Å². The Morgan fingerprint density at radius 3 is 2.61 bits per heavy atom. The van der Waals surface area contributed by atoms with Gasteiger partial charge in [0.15, 0.2) is 11.4 Å². The molecule has 8 heteroatoms. The highest BCUT2D eigenvalue weighted by Gasteiger charge is 2.40. The van der Waals surface area contributed by atoms with Crippen LogP contribution in [0.2, 0.25) is 5.02 Å². The van der Waals surface area contributed by atoms with Crippen LogP contribution in [0.4, 0.5) is 13.2 Å². The number of carbonyl (C=O) groups is 1. The third-order valence-corrected chi connectivity index (χ3v) is 2.55. The zero-order valence-corrected chi connectivity index (χ0v) is 9.67. The van der Waals surface area contributed by atoms with Gasteiger partial charge in [-0.2, -0.15) is 13.2 Å². The first-order valence-electron chi connectivity index (χ1n) is 4.70. The second-order valence-corrected chi connectivity index (χ2v) is 4.08. The highest BCUT2D eigenvalue weighted by Crippen LogP contribution is 2.33. The van der Waals surface area contributed by atoms with Crippen molar-refractivity contribution in [3.63, 3.8) is 0 Å². The van der Waals surface area contributed by atoms with Crippen LogP contribution in [0.25, 0.3) is 5.65 Å². The van der Waals surface area contributed by atoms with E-state index in [2.05, 4.69) is 4.98 Å². The molecule has 0 bridgehead atoms. The summed E-state index contributed by atoms with van der Waals surface area (Å²) in [6, 6.07) is 1.41. The lowest BCUT2D eigenvalue weighted by molar-refractivity contribution is -0.141. The fourth-order valence-electron chi connectivity index (χ4n) is 1.67. The van der Waals surface area contributed by atoms with E-state index >= 15 is 0 Å². The maximum atomic E-state index is 12.7. The maximum Gasteiger partial charge on any atom is 0.435 e. The average molecular weight is 279 g/mol. The van der Waals surface area contributed by atoms with Gasteiger partial charge >= 0.3 is 12.1 Å². The minimum atomic E-state index is -4.83. The molecule has 2 heterocycles. The van der Waals surface area contributed by atoms with Crippen LogP contribution in [-0.2, 0) is 6.18 Å². The van der Waals surface area contributed by atoms with Crippen molar-refractivity contribution < 1.29 is 23.1 Å². The maximum absolute atomic E-state index is 12.7. The van der Waals surface area contributed by atoms with Gasteiger partial charge < -0.3 is 5.11 Å². The SMILES string of the molecule is Cc1cc(Cl)cn2c(C(=O)O)c(C(F)(F)F)nc12. The first-order valence-corrected chi connectivity index (χ1v) is 5.08. The molecule has 0 saturated heterocycles. The predicted octanol–water partition coefficient (Wildman–Crippen LogP) is 3.01. The fourth-order valence-corrected chi connectivity index (χ4v) is 1.93. The van der Waals surface area contributed by atoms with Gasteiger partial charge in [-0.1, -0.05) is 11.6 Å². The molecule has 0 aromatic carbocycles. The number of fused-ring (bicyclic) bond motifs is 1. The Hall–Kier alpha value is -1.76. The van der Waals surface area contributed by atoms with E-state index in [1.54, 1.807) is 0 Å². The average Bonchev–Trinajstić information content (AvgIpc) is 2.55. The fraction of sp³-hybridized carbons (Fsp3) is 0.200. The molecule has 0 saturated carbocycles. The summed E-state index contributed by atoms with van der Waals surface area (Å²) < 4.78 is 39.0. The van der Waals surface area contributed by atoms with Crippen molar-refractivity contribution in [1.82, 2.24) is 9.38 Å². The summed E-state index contributed by atoms with van der Waals surface area (Å²) in [5.74, 6) is -1.71. The monoisotopic (exact) mass is 278 g/mol. The van der Waals surface area contributed by atoms with Crippen molar-refractivity contribution in [2.24, 2.45) is 0 Å². The van der Waals surface area contributed by atoms with Crippen molar-refractivity contribution in [2.75, 3.05) is 0 Å². The van der Waals surface area contributed by atoms with Gasteiger partial charge in [-0.15, -0.1) is 0 Å². The number of carboxylic acids is 1. The standard InChI is InChI=1S/C10H6ClF3N2O2/c1-4-2-5(11)3-16-6(9(17)18)7(10(12,13)14)15-8(4)16/h2-3H,1H3,(H,17,18). The van der Waals surface area contributed by atoms with Crippen molar-refractivity contribution in [3.8, 4) is 0 Å². The Bertz CT molecular complexity index is 649. The summed E-state index contributed by atoms with van der Waals surface area (Å²) in [6.07, 6.45) is -3.74. The number of rotatable bonds is 1. The summed E-state index contributed by atoms with van der Waals surface area (Å²) in [4.78, 5) is 14.3. The molecule has 0 unspecified atom stereocenters. The van der Waals surface area contributed by atoms with Crippen LogP contribution >= 0.6 is 11.6 Å². The van der Waals surface area contributed by atoms with Gasteiger partial charge in [-0.25, -0.2) is 9.78 Å². The molecule has 2 aromatic heterocycles. The Balaban J connectivity index is 2.93. The summed E-state index contributed by atoms with van der Waals surface area (Å²) in [7, 11) is 0. The summed E-state index contributed by atoms with van der Waals surface area (Å²) >= 11 is 5.70. The van der Waals surface area contributed by atoms with E-state index in [0.717, 1.165) is 10.6 Å². The van der Waals surface area contributed by atoms with Gasteiger partial charge in [0, 0.05) is 6.20 Å². The van der Waals surface area contributed by atoms with Crippen LogP contribution in [-0.4, -0.2) is 20.5 Å². The molecule has 18 heavy (non-hydrogen) atoms. The molecule has 0 aliphatic rings. The van der Waals surface area contributed by atoms with Crippen molar-refractivity contribution in [1.29, 1.82) is 0 Å². The van der Waals surface area contributed by atoms with E-state index in [9.17, 15) is 18.0 Å². The first-order chi connectivity index (χ1) is 8.21. The van der Waals surface area contributed by atoms with Gasteiger partial charge in [0.25, 0.3) is 0 Å². The van der Waals surface area contributed by atoms with Crippen molar-refractivity contribution in [2.45, 2.75) is 13.1 Å². The number of aromatic nitrogens is 2. The first kappa shape index (κ1) is 12.7. The zero-order valence-electron chi connectivity index (χ0n) is 8.92. The number of imidazole rings is 1. The molecule has 96 valence electrons. The van der Waals surface area contributed by atoms with Crippen LogP contribution in [0.1, 0.15) is 21.7 Å². The highest BCUT2D eigenvalue weighted by atomic mass is 35.5. The molecule has 4 nitrogen and oxygen atoms in total. The van der Waals surface area contributed by atoms with E-state index in [1.807, 2.05) is 0 Å². The van der Waals surface area contributed by atoms with Gasteiger partial charge in [0.1, 0.15) is 5.65 Å². The Kier molecular flexibility index (Phi) is 2.73. The molecule has 0 spiro atoms. The number of pyridine rings is 1. The molecule has 0 amide bonds. The highest BCUT2D eigenvalue weighted by molar-refractivity contribution is 6.30. The minimum absolute atomic E-state index is 0.0795. The topological polar surface area (TPSA) is 54.6 Å². The Labute approximate surface area is 104 Å². The predicted molar refractivity (Wildman–Crippen MR) is 56.9 cm³/mol. The summed E-state index contributed by atoms with van der Waals surface area (Å²) in [5.41, 5.74) is -2.09. The van der Waals surface area contributed by atoms with E-state index in [-0.39, 0.29) is 10.7 Å². The largest absolute Gasteiger partial charge is 0.476 e. The number of hydrogen-bond donors (Lipinski definition) is 1. The smallest absolute Gasteiger partial charge is 0.435 e. The molecule has 0 radical (unpaired) electrons. The second kappa shape index (κ2) is 3.88. The molecule has 1 N–H and O–H groups in total. The number of carboxylic acid groups (broad SMARTS) is 1. The van der Waals surface area contributed by atoms with Crippen LogP contribution in [0, 0.1) is 6.92 Å². The molecule has 0 aliphatic carbocycles. The number of aromatic carboxylic acids is 1. The summed E-state index contributed by atoms with van der Waals surface area (Å²) in [6.45, 7) is 1.50. The molecule has 0 aliphatic heterocycles. The number of hydrogen-bond acceptors (Lipinski definition) is 2. The quantitative estimate of drug-likeness (QED) is 0.872. The summed E-state index contributed by atoms with van der Waals surface area (Å²) in [5, 5.41) is 9.03. The van der Waals surface area contributed by atoms with Gasteiger partial charge in [0.05, 0.1) is 5.02 Å². The number of nitrogens with zero attached hydrogens (tertiary/aromatic N) is 2. The van der Waals surface area contributed by atoms with Crippen LogP contribution in [0.3, 0.4) is 0 Å². The molecule has 0 fully saturated rings. The Morgan fingerprint density at radius 2 is 2.11 bits per heavy atom. The van der Waals surface area contributed by atoms with E-state index in [1.165, 1.54) is 13.0 Å². The lowest BCUT2D eigenvalue weighted by Gasteiger charge is -2.04. The normalized spacial score (nSPS) is 12.1. The molecule has 0 atom stereocenters. The van der Waals surface area contributed by atoms with Crippen LogP contribution in [0.5, 0.6) is 0 Å². The molecular weight excluding hydrogens is 273 g/mol. The van der Waals surface area contributed by atoms with Gasteiger partial charge in [-0.05, 0) is 18.6 Å². The van der Waals surface area contributed by atoms with E-state index < -0.39 is 23.5 Å². The number of aryl methyl sites for hydroxylation is 1. The molecular formula is C10H6ClF3N2O2. The third-order valence-electron chi connectivity index (χ3n) is 2.34. The van der Waals surface area contributed by atoms with Gasteiger partial charge in [-0.3, -0.25) is 4.40 Å². The second-order valence-electron chi connectivity index (χ2n) is 3.65. The third kappa shape index (κ3) is 1.90. The zero-order chi connectivity index (χ0) is 13.7. The van der Waals surface area contributed by atoms with E-state index in [4.69, 9.17) is 16.7 Å². The molecule has 2 rings (SSSR count). The van der Waals surface area contributed by atoms with Crippen LogP contribution < -0.4 is 0 Å². The van der Waals surface area contributed by atoms with Crippen molar-refractivity contribution >= 4 is 23.2 Å². The van der Waals surface area contributed by atoms with Gasteiger partial charge in [0.2, 0.25) is 0 Å². The lowest BCUT2D eigenvalue weighted by atomic mass is 10.3. The number of halogens is 4. The number of alkyl halides is 3. The van der Waals surface area contributed by atoms with Crippen molar-refractivity contribution in [3.05, 3.63) is 34.2 Å². The van der Waals surface area contributed by atoms with E-state index in [0.29, 0.717) is 5.56 Å². The lowest BCUT2D eigenvalue weighted by Crippen LogP contribution is -2.13.